The van der Waals surface area contributed by atoms with Crippen LogP contribution >= 0.6 is 0 Å². The lowest BCUT2D eigenvalue weighted by Gasteiger charge is -2.21. The highest BCUT2D eigenvalue weighted by Gasteiger charge is 2.17. The van der Waals surface area contributed by atoms with Gasteiger partial charge in [-0.25, -0.2) is 13.8 Å². The molecule has 2 rings (SSSR count). The van der Waals surface area contributed by atoms with Gasteiger partial charge >= 0.3 is 0 Å². The molecule has 0 aliphatic heterocycles. The molecule has 0 spiro atoms. The molecule has 21 heavy (non-hydrogen) atoms. The molecule has 1 N–H and O–H groups in total. The van der Waals surface area contributed by atoms with E-state index in [1.165, 1.54) is 24.5 Å². The van der Waals surface area contributed by atoms with Crippen molar-refractivity contribution in [2.24, 2.45) is 0 Å². The molecule has 0 saturated carbocycles. The van der Waals surface area contributed by atoms with Gasteiger partial charge in [0.25, 0.3) is 0 Å². The van der Waals surface area contributed by atoms with Crippen LogP contribution < -0.4 is 5.32 Å². The highest BCUT2D eigenvalue weighted by Crippen LogP contribution is 2.21. The molecule has 0 amide bonds. The minimum Gasteiger partial charge on any atom is -0.308 e. The molecule has 6 heteroatoms. The topological polar surface area (TPSA) is 53.6 Å². The van der Waals surface area contributed by atoms with Crippen molar-refractivity contribution in [1.29, 1.82) is 5.26 Å². The summed E-state index contributed by atoms with van der Waals surface area (Å²) in [7, 11) is 0. The zero-order chi connectivity index (χ0) is 15.6. The zero-order valence-electron chi connectivity index (χ0n) is 12.1. The van der Waals surface area contributed by atoms with Crippen LogP contribution in [0.4, 0.5) is 8.78 Å². The van der Waals surface area contributed by atoms with Gasteiger partial charge in [-0.3, -0.25) is 4.57 Å². The number of hydrogen-bond acceptors (Lipinski definition) is 3. The van der Waals surface area contributed by atoms with E-state index in [4.69, 9.17) is 5.26 Å². The number of aromatic nitrogens is 2. The van der Waals surface area contributed by atoms with Gasteiger partial charge in [0.05, 0.1) is 0 Å². The SMILES string of the molecule is CC(C)(C)NCc1cc(F)c(-n2ccnc2C#N)c(F)c1. The standard InChI is InChI=1S/C15H16F2N4/c1-15(2,3)20-9-10-6-11(16)14(12(17)7-10)21-5-4-19-13(21)8-18/h4-7,20H,9H2,1-3H3. The Labute approximate surface area is 122 Å². The molecule has 0 fully saturated rings. The highest BCUT2D eigenvalue weighted by atomic mass is 19.1. The second-order valence-corrected chi connectivity index (χ2v) is 5.74. The van der Waals surface area contributed by atoms with Gasteiger partial charge in [-0.05, 0) is 38.5 Å². The molecule has 0 bridgehead atoms. The monoisotopic (exact) mass is 290 g/mol. The summed E-state index contributed by atoms with van der Waals surface area (Å²) in [5.74, 6) is -1.52. The third kappa shape index (κ3) is 3.44. The fourth-order valence-corrected chi connectivity index (χ4v) is 1.88. The van der Waals surface area contributed by atoms with E-state index < -0.39 is 11.6 Å². The van der Waals surface area contributed by atoms with Gasteiger partial charge in [-0.15, -0.1) is 0 Å². The summed E-state index contributed by atoms with van der Waals surface area (Å²) in [4.78, 5) is 3.74. The molecule has 0 radical (unpaired) electrons. The summed E-state index contributed by atoms with van der Waals surface area (Å²) in [6, 6.07) is 4.32. The molecule has 1 aromatic carbocycles. The van der Waals surface area contributed by atoms with Crippen LogP contribution in [0.5, 0.6) is 0 Å². The highest BCUT2D eigenvalue weighted by molar-refractivity contribution is 5.41. The first-order valence-corrected chi connectivity index (χ1v) is 6.48. The lowest BCUT2D eigenvalue weighted by molar-refractivity contribution is 0.422. The molecular formula is C15H16F2N4. The van der Waals surface area contributed by atoms with Gasteiger partial charge in [-0.2, -0.15) is 5.26 Å². The van der Waals surface area contributed by atoms with E-state index >= 15 is 0 Å². The minimum absolute atomic E-state index is 0.0617. The van der Waals surface area contributed by atoms with Crippen LogP contribution in [0, 0.1) is 23.0 Å². The largest absolute Gasteiger partial charge is 0.308 e. The fraction of sp³-hybridized carbons (Fsp3) is 0.333. The van der Waals surface area contributed by atoms with Crippen LogP contribution in [0.15, 0.2) is 24.5 Å². The van der Waals surface area contributed by atoms with E-state index in [2.05, 4.69) is 10.3 Å². The van der Waals surface area contributed by atoms with Gasteiger partial charge in [0, 0.05) is 24.5 Å². The van der Waals surface area contributed by atoms with E-state index in [-0.39, 0.29) is 17.1 Å². The molecule has 0 unspecified atom stereocenters. The second-order valence-electron chi connectivity index (χ2n) is 5.74. The van der Waals surface area contributed by atoms with Gasteiger partial charge < -0.3 is 5.32 Å². The average molecular weight is 290 g/mol. The smallest absolute Gasteiger partial charge is 0.217 e. The Kier molecular flexibility index (Phi) is 4.05. The second kappa shape index (κ2) is 5.62. The third-order valence-corrected chi connectivity index (χ3v) is 2.88. The first-order valence-electron chi connectivity index (χ1n) is 6.48. The summed E-state index contributed by atoms with van der Waals surface area (Å²) in [6.45, 7) is 6.27. The van der Waals surface area contributed by atoms with Crippen molar-refractivity contribution >= 4 is 0 Å². The summed E-state index contributed by atoms with van der Waals surface area (Å²) in [6.07, 6.45) is 2.68. The van der Waals surface area contributed by atoms with Crippen molar-refractivity contribution in [3.63, 3.8) is 0 Å². The molecule has 0 atom stereocenters. The Morgan fingerprint density at radius 3 is 2.43 bits per heavy atom. The normalized spacial score (nSPS) is 11.4. The van der Waals surface area contributed by atoms with Crippen molar-refractivity contribution < 1.29 is 8.78 Å². The maximum absolute atomic E-state index is 14.2. The quantitative estimate of drug-likeness (QED) is 0.945. The summed E-state index contributed by atoms with van der Waals surface area (Å²) >= 11 is 0. The van der Waals surface area contributed by atoms with Crippen LogP contribution in [0.2, 0.25) is 0 Å². The molecule has 2 aromatic rings. The molecular weight excluding hydrogens is 274 g/mol. The van der Waals surface area contributed by atoms with Gasteiger partial charge in [0.2, 0.25) is 5.82 Å². The Bertz CT molecular complexity index is 669. The number of halogens is 2. The maximum atomic E-state index is 14.2. The molecule has 0 saturated heterocycles. The van der Waals surface area contributed by atoms with Crippen molar-refractivity contribution in [3.8, 4) is 11.8 Å². The first kappa shape index (κ1) is 15.1. The van der Waals surface area contributed by atoms with Crippen molar-refractivity contribution in [3.05, 3.63) is 47.5 Å². The van der Waals surface area contributed by atoms with E-state index in [0.717, 1.165) is 4.57 Å². The predicted molar refractivity (Wildman–Crippen MR) is 74.8 cm³/mol. The number of benzene rings is 1. The van der Waals surface area contributed by atoms with Crippen LogP contribution in [0.25, 0.3) is 5.69 Å². The summed E-state index contributed by atoms with van der Waals surface area (Å²) < 4.78 is 29.5. The van der Waals surface area contributed by atoms with Gasteiger partial charge in [0.1, 0.15) is 11.8 Å². The van der Waals surface area contributed by atoms with E-state index in [1.54, 1.807) is 6.07 Å². The zero-order valence-corrected chi connectivity index (χ0v) is 12.1. The third-order valence-electron chi connectivity index (χ3n) is 2.88. The number of imidazole rings is 1. The van der Waals surface area contributed by atoms with Crippen LogP contribution in [0.3, 0.4) is 0 Å². The van der Waals surface area contributed by atoms with Crippen LogP contribution in [-0.2, 0) is 6.54 Å². The van der Waals surface area contributed by atoms with Crippen molar-refractivity contribution in [2.45, 2.75) is 32.9 Å². The number of nitrogens with one attached hydrogen (secondary N) is 1. The van der Waals surface area contributed by atoms with Crippen molar-refractivity contribution in [1.82, 2.24) is 14.9 Å². The Hall–Kier alpha value is -2.26. The maximum Gasteiger partial charge on any atom is 0.217 e. The lowest BCUT2D eigenvalue weighted by Crippen LogP contribution is -2.35. The summed E-state index contributed by atoms with van der Waals surface area (Å²) in [5.41, 5.74) is 0.0649. The van der Waals surface area contributed by atoms with Gasteiger partial charge in [0.15, 0.2) is 11.6 Å². The predicted octanol–water partition coefficient (Wildman–Crippen LogP) is 2.91. The lowest BCUT2D eigenvalue weighted by atomic mass is 10.1. The summed E-state index contributed by atoms with van der Waals surface area (Å²) in [5, 5.41) is 12.1. The first-order chi connectivity index (χ1) is 9.81. The average Bonchev–Trinajstić information content (AvgIpc) is 2.83. The fourth-order valence-electron chi connectivity index (χ4n) is 1.88. The van der Waals surface area contributed by atoms with E-state index in [9.17, 15) is 8.78 Å². The molecule has 110 valence electrons. The number of nitrogens with zero attached hydrogens (tertiary/aromatic N) is 3. The van der Waals surface area contributed by atoms with Crippen molar-refractivity contribution in [2.75, 3.05) is 0 Å². The number of nitriles is 1. The molecule has 0 aliphatic carbocycles. The molecule has 0 aliphatic rings. The van der Waals surface area contributed by atoms with E-state index in [1.807, 2.05) is 20.8 Å². The number of hydrogen-bond donors (Lipinski definition) is 1. The minimum atomic E-state index is -0.727. The number of rotatable bonds is 3. The Morgan fingerprint density at radius 1 is 1.29 bits per heavy atom. The molecule has 4 nitrogen and oxygen atoms in total. The Morgan fingerprint density at radius 2 is 1.90 bits per heavy atom. The molecule has 1 aromatic heterocycles. The van der Waals surface area contributed by atoms with Crippen LogP contribution in [0.1, 0.15) is 32.2 Å². The van der Waals surface area contributed by atoms with E-state index in [0.29, 0.717) is 12.1 Å². The Balaban J connectivity index is 2.37. The van der Waals surface area contributed by atoms with Gasteiger partial charge in [-0.1, -0.05) is 0 Å². The van der Waals surface area contributed by atoms with Crippen LogP contribution in [-0.4, -0.2) is 15.1 Å². The molecule has 1 heterocycles.